The maximum absolute atomic E-state index is 12.4. The molecule has 0 saturated heterocycles. The number of carbonyl (C=O) groups is 2. The van der Waals surface area contributed by atoms with E-state index in [1.165, 1.54) is 0 Å². The summed E-state index contributed by atoms with van der Waals surface area (Å²) in [6.45, 7) is 11.4. The number of amides is 1. The number of benzene rings is 2. The molecule has 2 aromatic carbocycles. The number of carboxylic acids is 1. The summed E-state index contributed by atoms with van der Waals surface area (Å²) in [4.78, 5) is 24.7. The quantitative estimate of drug-likeness (QED) is 0.646. The fraction of sp³-hybridized carbons (Fsp3) is 0.417. The number of ether oxygens (including phenoxy) is 1. The van der Waals surface area contributed by atoms with E-state index in [4.69, 9.17) is 4.74 Å². The van der Waals surface area contributed by atoms with Crippen molar-refractivity contribution in [3.63, 3.8) is 0 Å². The fourth-order valence-electron chi connectivity index (χ4n) is 3.58. The molecule has 0 fully saturated rings. The molecule has 0 aliphatic heterocycles. The van der Waals surface area contributed by atoms with E-state index in [0.29, 0.717) is 5.69 Å². The Morgan fingerprint density at radius 1 is 0.897 bits per heavy atom. The number of hydrogen-bond acceptors (Lipinski definition) is 3. The lowest BCUT2D eigenvalue weighted by atomic mass is 9.67. The predicted octanol–water partition coefficient (Wildman–Crippen LogP) is 6.03. The maximum Gasteiger partial charge on any atom is 0.412 e. The number of nitrogens with one attached hydrogen (secondary N) is 1. The van der Waals surface area contributed by atoms with Crippen molar-refractivity contribution in [3.05, 3.63) is 65.7 Å². The highest BCUT2D eigenvalue weighted by Crippen LogP contribution is 2.47. The summed E-state index contributed by atoms with van der Waals surface area (Å²) in [5.74, 6) is -2.05. The molecule has 2 aromatic rings. The predicted molar refractivity (Wildman–Crippen MR) is 115 cm³/mol. The van der Waals surface area contributed by atoms with Gasteiger partial charge < -0.3 is 9.84 Å². The van der Waals surface area contributed by atoms with Gasteiger partial charge in [0.25, 0.3) is 0 Å². The van der Waals surface area contributed by atoms with E-state index in [1.807, 2.05) is 69.3 Å². The Kier molecular flexibility index (Phi) is 6.73. The topological polar surface area (TPSA) is 75.6 Å². The molecule has 0 saturated carbocycles. The summed E-state index contributed by atoms with van der Waals surface area (Å²) in [6, 6.07) is 16.6. The smallest absolute Gasteiger partial charge is 0.412 e. The second kappa shape index (κ2) is 8.68. The van der Waals surface area contributed by atoms with Gasteiger partial charge in [-0.2, -0.15) is 0 Å². The molecule has 2 unspecified atom stereocenters. The zero-order chi connectivity index (χ0) is 21.8. The van der Waals surface area contributed by atoms with E-state index < -0.39 is 23.6 Å². The van der Waals surface area contributed by atoms with Gasteiger partial charge in [0.2, 0.25) is 0 Å². The van der Waals surface area contributed by atoms with E-state index in [-0.39, 0.29) is 11.3 Å². The average molecular weight is 398 g/mol. The molecular weight excluding hydrogens is 366 g/mol. The summed E-state index contributed by atoms with van der Waals surface area (Å²) in [7, 11) is 0. The van der Waals surface area contributed by atoms with Crippen molar-refractivity contribution in [2.45, 2.75) is 59.0 Å². The Balaban J connectivity index is 2.54. The highest BCUT2D eigenvalue weighted by atomic mass is 16.6. The van der Waals surface area contributed by atoms with Gasteiger partial charge in [-0.15, -0.1) is 0 Å². The molecule has 2 rings (SSSR count). The van der Waals surface area contributed by atoms with E-state index in [2.05, 4.69) is 5.32 Å². The van der Waals surface area contributed by atoms with Crippen LogP contribution in [0.1, 0.15) is 64.5 Å². The van der Waals surface area contributed by atoms with Crippen LogP contribution in [0.2, 0.25) is 0 Å². The first kappa shape index (κ1) is 22.5. The van der Waals surface area contributed by atoms with E-state index in [0.717, 1.165) is 11.1 Å². The number of para-hydroxylation sites is 1. The molecule has 156 valence electrons. The van der Waals surface area contributed by atoms with Crippen molar-refractivity contribution in [3.8, 4) is 0 Å². The lowest BCUT2D eigenvalue weighted by molar-refractivity contribution is -0.140. The van der Waals surface area contributed by atoms with E-state index in [1.54, 1.807) is 26.8 Å². The molecular formula is C24H31NO4. The van der Waals surface area contributed by atoms with Gasteiger partial charge in [-0.25, -0.2) is 4.79 Å². The van der Waals surface area contributed by atoms with Gasteiger partial charge in [-0.05, 0) is 43.4 Å². The molecule has 29 heavy (non-hydrogen) atoms. The first-order chi connectivity index (χ1) is 13.4. The van der Waals surface area contributed by atoms with Crippen molar-refractivity contribution in [1.29, 1.82) is 0 Å². The van der Waals surface area contributed by atoms with Crippen LogP contribution >= 0.6 is 0 Å². The fourth-order valence-corrected chi connectivity index (χ4v) is 3.58. The van der Waals surface area contributed by atoms with Crippen LogP contribution in [0.4, 0.5) is 10.5 Å². The second-order valence-electron chi connectivity index (χ2n) is 9.28. The zero-order valence-electron chi connectivity index (χ0n) is 18.0. The van der Waals surface area contributed by atoms with Crippen LogP contribution < -0.4 is 5.32 Å². The standard InChI is InChI=1S/C24H31NO4/c1-23(2,3)20(19(21(26)27)16-12-8-7-9-13-16)17-14-10-11-15-18(17)25-22(28)29-24(4,5)6/h7-15,19-20H,1-6H3,(H,25,28)(H,26,27). The molecule has 2 N–H and O–H groups in total. The zero-order valence-corrected chi connectivity index (χ0v) is 18.0. The maximum atomic E-state index is 12.4. The largest absolute Gasteiger partial charge is 0.481 e. The minimum absolute atomic E-state index is 0.381. The third-order valence-corrected chi connectivity index (χ3v) is 4.62. The van der Waals surface area contributed by atoms with E-state index >= 15 is 0 Å². The van der Waals surface area contributed by atoms with Crippen molar-refractivity contribution < 1.29 is 19.4 Å². The Morgan fingerprint density at radius 3 is 1.97 bits per heavy atom. The first-order valence-corrected chi connectivity index (χ1v) is 9.77. The third kappa shape index (κ3) is 6.08. The van der Waals surface area contributed by atoms with Crippen molar-refractivity contribution in [1.82, 2.24) is 0 Å². The van der Waals surface area contributed by atoms with Crippen molar-refractivity contribution >= 4 is 17.7 Å². The Bertz CT molecular complexity index is 847. The monoisotopic (exact) mass is 397 g/mol. The molecule has 0 bridgehead atoms. The molecule has 0 aliphatic carbocycles. The minimum atomic E-state index is -0.900. The molecule has 0 radical (unpaired) electrons. The van der Waals surface area contributed by atoms with Crippen molar-refractivity contribution in [2.24, 2.45) is 5.41 Å². The average Bonchev–Trinajstić information content (AvgIpc) is 2.58. The first-order valence-electron chi connectivity index (χ1n) is 9.77. The molecule has 5 nitrogen and oxygen atoms in total. The lowest BCUT2D eigenvalue weighted by Crippen LogP contribution is -2.32. The van der Waals surface area contributed by atoms with Gasteiger partial charge in [0.05, 0.1) is 5.92 Å². The highest BCUT2D eigenvalue weighted by Gasteiger charge is 2.40. The number of aliphatic carboxylic acids is 1. The number of rotatable bonds is 5. The van der Waals surface area contributed by atoms with Crippen LogP contribution in [0.15, 0.2) is 54.6 Å². The molecule has 0 aliphatic rings. The van der Waals surface area contributed by atoms with Gasteiger partial charge >= 0.3 is 12.1 Å². The van der Waals surface area contributed by atoms with Gasteiger partial charge in [0, 0.05) is 11.6 Å². The number of hydrogen-bond donors (Lipinski definition) is 2. The van der Waals surface area contributed by atoms with Gasteiger partial charge in [0.15, 0.2) is 0 Å². The SMILES string of the molecule is CC(C)(C)OC(=O)Nc1ccccc1C(C(C(=O)O)c1ccccc1)C(C)(C)C. The molecule has 2 atom stereocenters. The summed E-state index contributed by atoms with van der Waals surface area (Å²) in [5.41, 5.74) is 1.04. The Labute approximate surface area is 173 Å². The summed E-state index contributed by atoms with van der Waals surface area (Å²) in [6.07, 6.45) is -0.566. The summed E-state index contributed by atoms with van der Waals surface area (Å²) < 4.78 is 5.39. The van der Waals surface area contributed by atoms with Crippen LogP contribution in [0.25, 0.3) is 0 Å². The van der Waals surface area contributed by atoms with Gasteiger partial charge in [-0.1, -0.05) is 69.3 Å². The number of carboxylic acid groups (broad SMARTS) is 1. The van der Waals surface area contributed by atoms with Crippen LogP contribution in [0.3, 0.4) is 0 Å². The molecule has 1 amide bonds. The number of carbonyl (C=O) groups excluding carboxylic acids is 1. The third-order valence-electron chi connectivity index (χ3n) is 4.62. The van der Waals surface area contributed by atoms with Crippen molar-refractivity contribution in [2.75, 3.05) is 5.32 Å². The highest BCUT2D eigenvalue weighted by molar-refractivity contribution is 5.87. The molecule has 5 heteroatoms. The lowest BCUT2D eigenvalue weighted by Gasteiger charge is -2.37. The molecule has 0 spiro atoms. The normalized spacial score (nSPS) is 14.0. The Morgan fingerprint density at radius 2 is 1.45 bits per heavy atom. The summed E-state index contributed by atoms with van der Waals surface area (Å²) in [5, 5.41) is 12.9. The molecule has 0 aromatic heterocycles. The van der Waals surface area contributed by atoms with E-state index in [9.17, 15) is 14.7 Å². The van der Waals surface area contributed by atoms with Crippen LogP contribution in [-0.2, 0) is 9.53 Å². The summed E-state index contributed by atoms with van der Waals surface area (Å²) >= 11 is 0. The van der Waals surface area contributed by atoms with Crippen LogP contribution in [-0.4, -0.2) is 22.8 Å². The van der Waals surface area contributed by atoms with Crippen LogP contribution in [0.5, 0.6) is 0 Å². The van der Waals surface area contributed by atoms with Gasteiger partial charge in [0.1, 0.15) is 5.60 Å². The minimum Gasteiger partial charge on any atom is -0.481 e. The molecule has 0 heterocycles. The Hall–Kier alpha value is -2.82. The number of anilines is 1. The van der Waals surface area contributed by atoms with Gasteiger partial charge in [-0.3, -0.25) is 10.1 Å². The second-order valence-corrected chi connectivity index (χ2v) is 9.28. The van der Waals surface area contributed by atoms with Crippen LogP contribution in [0, 0.1) is 5.41 Å².